The van der Waals surface area contributed by atoms with Crippen LogP contribution in [-0.4, -0.2) is 61.4 Å². The number of benzene rings is 1. The van der Waals surface area contributed by atoms with Gasteiger partial charge >= 0.3 is 0 Å². The Hall–Kier alpha value is -1.86. The zero-order chi connectivity index (χ0) is 14.5. The average molecular weight is 281 g/mol. The van der Waals surface area contributed by atoms with Gasteiger partial charge < -0.3 is 14.7 Å². The molecule has 0 bridgehead atoms. The lowest BCUT2D eigenvalue weighted by Gasteiger charge is -2.35. The molecule has 0 aliphatic carbocycles. The standard InChI is InChI=1S/C13H19N3O4/c1-20-11-2-3-12(13(10-11)16(18)19)15-6-4-14(5-7-15)8-9-17/h2-3,10,17H,4-9H2,1H3. The van der Waals surface area contributed by atoms with Crippen molar-refractivity contribution in [3.8, 4) is 5.75 Å². The first kappa shape index (κ1) is 14.5. The molecule has 0 amide bonds. The minimum absolute atomic E-state index is 0.0694. The molecular weight excluding hydrogens is 262 g/mol. The minimum Gasteiger partial charge on any atom is -0.496 e. The molecule has 0 saturated carbocycles. The third-order valence-corrected chi connectivity index (χ3v) is 3.51. The Balaban J connectivity index is 2.15. The third-order valence-electron chi connectivity index (χ3n) is 3.51. The van der Waals surface area contributed by atoms with Gasteiger partial charge in [-0.1, -0.05) is 0 Å². The van der Waals surface area contributed by atoms with Crippen molar-refractivity contribution in [2.45, 2.75) is 0 Å². The predicted molar refractivity (Wildman–Crippen MR) is 75.4 cm³/mol. The fourth-order valence-corrected chi connectivity index (χ4v) is 2.40. The highest BCUT2D eigenvalue weighted by molar-refractivity contribution is 5.65. The second kappa shape index (κ2) is 6.53. The first-order valence-electron chi connectivity index (χ1n) is 6.56. The number of β-amino-alcohol motifs (C(OH)–C–C–N with tert-alkyl or cyclic N) is 1. The van der Waals surface area contributed by atoms with Gasteiger partial charge in [0.25, 0.3) is 5.69 Å². The number of piperazine rings is 1. The zero-order valence-corrected chi connectivity index (χ0v) is 11.5. The number of methoxy groups -OCH3 is 1. The SMILES string of the molecule is COc1ccc(N2CCN(CCO)CC2)c([N+](=O)[O-])c1. The van der Waals surface area contributed by atoms with Crippen LogP contribution in [0.4, 0.5) is 11.4 Å². The molecular formula is C13H19N3O4. The van der Waals surface area contributed by atoms with Crippen LogP contribution >= 0.6 is 0 Å². The summed E-state index contributed by atoms with van der Waals surface area (Å²) < 4.78 is 5.04. The summed E-state index contributed by atoms with van der Waals surface area (Å²) in [7, 11) is 1.49. The number of aliphatic hydroxyl groups excluding tert-OH is 1. The second-order valence-electron chi connectivity index (χ2n) is 4.66. The van der Waals surface area contributed by atoms with Crippen LogP contribution in [0.3, 0.4) is 0 Å². The molecule has 1 aromatic carbocycles. The Morgan fingerprint density at radius 1 is 1.35 bits per heavy atom. The van der Waals surface area contributed by atoms with Crippen LogP contribution in [0, 0.1) is 10.1 Å². The van der Waals surface area contributed by atoms with Gasteiger partial charge in [0, 0.05) is 32.7 Å². The number of anilines is 1. The van der Waals surface area contributed by atoms with Crippen molar-refractivity contribution in [2.75, 3.05) is 51.3 Å². The lowest BCUT2D eigenvalue weighted by atomic mass is 10.2. The monoisotopic (exact) mass is 281 g/mol. The molecule has 1 fully saturated rings. The van der Waals surface area contributed by atoms with Gasteiger partial charge in [0.05, 0.1) is 24.7 Å². The largest absolute Gasteiger partial charge is 0.496 e. The van der Waals surface area contributed by atoms with Gasteiger partial charge in [-0.25, -0.2) is 0 Å². The van der Waals surface area contributed by atoms with E-state index in [1.165, 1.54) is 13.2 Å². The van der Waals surface area contributed by atoms with Crippen LogP contribution in [0.5, 0.6) is 5.75 Å². The van der Waals surface area contributed by atoms with Gasteiger partial charge in [0.2, 0.25) is 0 Å². The number of nitrogens with zero attached hydrogens (tertiary/aromatic N) is 3. The van der Waals surface area contributed by atoms with E-state index in [4.69, 9.17) is 9.84 Å². The smallest absolute Gasteiger partial charge is 0.296 e. The molecule has 0 radical (unpaired) electrons. The van der Waals surface area contributed by atoms with Gasteiger partial charge in [0.1, 0.15) is 11.4 Å². The summed E-state index contributed by atoms with van der Waals surface area (Å²) in [6.07, 6.45) is 0. The second-order valence-corrected chi connectivity index (χ2v) is 4.66. The number of ether oxygens (including phenoxy) is 1. The van der Waals surface area contributed by atoms with Crippen molar-refractivity contribution in [3.05, 3.63) is 28.3 Å². The Bertz CT molecular complexity index is 473. The Labute approximate surface area is 117 Å². The number of aliphatic hydroxyl groups is 1. The number of rotatable bonds is 5. The van der Waals surface area contributed by atoms with Gasteiger partial charge in [-0.3, -0.25) is 15.0 Å². The summed E-state index contributed by atoms with van der Waals surface area (Å²) in [5.74, 6) is 0.486. The van der Waals surface area contributed by atoms with E-state index in [9.17, 15) is 10.1 Å². The van der Waals surface area contributed by atoms with E-state index in [0.29, 0.717) is 31.1 Å². The molecule has 0 aromatic heterocycles. The van der Waals surface area contributed by atoms with Crippen molar-refractivity contribution in [3.63, 3.8) is 0 Å². The first-order valence-corrected chi connectivity index (χ1v) is 6.56. The molecule has 1 aliphatic rings. The summed E-state index contributed by atoms with van der Waals surface area (Å²) in [6, 6.07) is 4.93. The number of nitro benzene ring substituents is 1. The minimum atomic E-state index is -0.377. The average Bonchev–Trinajstić information content (AvgIpc) is 2.48. The Morgan fingerprint density at radius 3 is 2.60 bits per heavy atom. The normalized spacial score (nSPS) is 16.2. The maximum absolute atomic E-state index is 11.2. The summed E-state index contributed by atoms with van der Waals surface area (Å²) in [6.45, 7) is 3.81. The van der Waals surface area contributed by atoms with E-state index >= 15 is 0 Å². The van der Waals surface area contributed by atoms with Gasteiger partial charge in [-0.15, -0.1) is 0 Å². The van der Waals surface area contributed by atoms with E-state index in [2.05, 4.69) is 4.90 Å². The molecule has 7 nitrogen and oxygen atoms in total. The zero-order valence-electron chi connectivity index (χ0n) is 11.5. The van der Waals surface area contributed by atoms with Crippen LogP contribution in [0.25, 0.3) is 0 Å². The van der Waals surface area contributed by atoms with Crippen molar-refractivity contribution >= 4 is 11.4 Å². The number of hydrogen-bond acceptors (Lipinski definition) is 6. The topological polar surface area (TPSA) is 79.1 Å². The highest BCUT2D eigenvalue weighted by atomic mass is 16.6. The molecule has 1 N–H and O–H groups in total. The van der Waals surface area contributed by atoms with E-state index in [1.807, 2.05) is 4.90 Å². The molecule has 0 atom stereocenters. The third kappa shape index (κ3) is 3.17. The van der Waals surface area contributed by atoms with E-state index in [-0.39, 0.29) is 17.2 Å². The van der Waals surface area contributed by atoms with Gasteiger partial charge in [-0.05, 0) is 12.1 Å². The van der Waals surface area contributed by atoms with E-state index in [1.54, 1.807) is 12.1 Å². The summed E-state index contributed by atoms with van der Waals surface area (Å²) in [4.78, 5) is 15.0. The maximum atomic E-state index is 11.2. The maximum Gasteiger partial charge on any atom is 0.296 e. The molecule has 7 heteroatoms. The van der Waals surface area contributed by atoms with Crippen LogP contribution in [0.15, 0.2) is 18.2 Å². The molecule has 1 aromatic rings. The van der Waals surface area contributed by atoms with Crippen LogP contribution in [-0.2, 0) is 0 Å². The molecule has 0 spiro atoms. The van der Waals surface area contributed by atoms with Crippen LogP contribution in [0.1, 0.15) is 0 Å². The van der Waals surface area contributed by atoms with Crippen molar-refractivity contribution < 1.29 is 14.8 Å². The highest BCUT2D eigenvalue weighted by Crippen LogP contribution is 2.32. The van der Waals surface area contributed by atoms with Crippen molar-refractivity contribution in [1.82, 2.24) is 4.90 Å². The molecule has 1 saturated heterocycles. The predicted octanol–water partition coefficient (Wildman–Crippen LogP) is 0.718. The lowest BCUT2D eigenvalue weighted by molar-refractivity contribution is -0.384. The van der Waals surface area contributed by atoms with Gasteiger partial charge in [0.15, 0.2) is 0 Å². The first-order chi connectivity index (χ1) is 9.65. The van der Waals surface area contributed by atoms with Crippen molar-refractivity contribution in [2.24, 2.45) is 0 Å². The molecule has 2 rings (SSSR count). The Kier molecular flexibility index (Phi) is 4.75. The quantitative estimate of drug-likeness (QED) is 0.633. The fourth-order valence-electron chi connectivity index (χ4n) is 2.40. The van der Waals surface area contributed by atoms with Crippen LogP contribution < -0.4 is 9.64 Å². The summed E-state index contributed by atoms with van der Waals surface area (Å²) in [5.41, 5.74) is 0.694. The number of nitro groups is 1. The number of hydrogen-bond donors (Lipinski definition) is 1. The fraction of sp³-hybridized carbons (Fsp3) is 0.538. The summed E-state index contributed by atoms with van der Waals surface area (Å²) >= 11 is 0. The molecule has 110 valence electrons. The molecule has 0 unspecified atom stereocenters. The summed E-state index contributed by atoms with van der Waals surface area (Å²) in [5, 5.41) is 20.1. The van der Waals surface area contributed by atoms with Crippen molar-refractivity contribution in [1.29, 1.82) is 0 Å². The molecule has 20 heavy (non-hydrogen) atoms. The van der Waals surface area contributed by atoms with Crippen LogP contribution in [0.2, 0.25) is 0 Å². The van der Waals surface area contributed by atoms with E-state index < -0.39 is 0 Å². The van der Waals surface area contributed by atoms with E-state index in [0.717, 1.165) is 13.1 Å². The molecule has 1 heterocycles. The molecule has 1 aliphatic heterocycles. The van der Waals surface area contributed by atoms with Gasteiger partial charge in [-0.2, -0.15) is 0 Å². The highest BCUT2D eigenvalue weighted by Gasteiger charge is 2.24. The Morgan fingerprint density at radius 2 is 2.05 bits per heavy atom. The lowest BCUT2D eigenvalue weighted by Crippen LogP contribution is -2.47.